The lowest BCUT2D eigenvalue weighted by Gasteiger charge is -2.18. The third-order valence-corrected chi connectivity index (χ3v) is 3.69. The molecular weight excluding hydrogens is 264 g/mol. The summed E-state index contributed by atoms with van der Waals surface area (Å²) >= 11 is 0. The van der Waals surface area contributed by atoms with Gasteiger partial charge in [-0.25, -0.2) is 4.98 Å². The van der Waals surface area contributed by atoms with Crippen LogP contribution in [0.3, 0.4) is 0 Å². The highest BCUT2D eigenvalue weighted by Gasteiger charge is 2.19. The number of rotatable bonds is 7. The minimum absolute atomic E-state index is 0.480. The zero-order valence-corrected chi connectivity index (χ0v) is 13.5. The van der Waals surface area contributed by atoms with Crippen LogP contribution in [0.2, 0.25) is 0 Å². The van der Waals surface area contributed by atoms with E-state index in [0.717, 1.165) is 24.5 Å². The van der Waals surface area contributed by atoms with E-state index >= 15 is 0 Å². The zero-order valence-electron chi connectivity index (χ0n) is 13.5. The first-order chi connectivity index (χ1) is 10.1. The van der Waals surface area contributed by atoms with Crippen LogP contribution >= 0.6 is 0 Å². The SMILES string of the molecule is CCCOc1nc(CC(C)C)nc(NC2CCCC2)c1N. The highest BCUT2D eigenvalue weighted by molar-refractivity contribution is 5.67. The summed E-state index contributed by atoms with van der Waals surface area (Å²) in [6.45, 7) is 7.03. The number of nitrogens with one attached hydrogen (secondary N) is 1. The lowest BCUT2D eigenvalue weighted by atomic mass is 10.1. The molecule has 1 saturated carbocycles. The van der Waals surface area contributed by atoms with E-state index < -0.39 is 0 Å². The van der Waals surface area contributed by atoms with Crippen molar-refractivity contribution in [2.24, 2.45) is 5.92 Å². The molecule has 0 spiro atoms. The van der Waals surface area contributed by atoms with E-state index in [1.807, 2.05) is 0 Å². The van der Waals surface area contributed by atoms with Crippen LogP contribution in [0, 0.1) is 5.92 Å². The molecule has 1 aliphatic rings. The summed E-state index contributed by atoms with van der Waals surface area (Å²) in [7, 11) is 0. The standard InChI is InChI=1S/C16H28N4O/c1-4-9-21-16-14(17)15(18-12-7-5-6-8-12)19-13(20-16)10-11(2)3/h11-12H,4-10,17H2,1-3H3,(H,18,19,20). The van der Waals surface area contributed by atoms with Crippen molar-refractivity contribution >= 4 is 11.5 Å². The maximum absolute atomic E-state index is 6.19. The van der Waals surface area contributed by atoms with E-state index in [-0.39, 0.29) is 0 Å². The molecule has 21 heavy (non-hydrogen) atoms. The number of hydrogen-bond acceptors (Lipinski definition) is 5. The Balaban J connectivity index is 2.22. The molecule has 0 amide bonds. The lowest BCUT2D eigenvalue weighted by Crippen LogP contribution is -2.19. The number of ether oxygens (including phenoxy) is 1. The van der Waals surface area contributed by atoms with E-state index in [0.29, 0.717) is 30.1 Å². The van der Waals surface area contributed by atoms with Crippen LogP contribution in [-0.2, 0) is 6.42 Å². The maximum Gasteiger partial charge on any atom is 0.242 e. The van der Waals surface area contributed by atoms with Gasteiger partial charge in [-0.3, -0.25) is 0 Å². The fraction of sp³-hybridized carbons (Fsp3) is 0.750. The Hall–Kier alpha value is -1.52. The van der Waals surface area contributed by atoms with Crippen molar-refractivity contribution in [1.82, 2.24) is 9.97 Å². The van der Waals surface area contributed by atoms with Crippen LogP contribution in [0.15, 0.2) is 0 Å². The molecule has 0 unspecified atom stereocenters. The van der Waals surface area contributed by atoms with Gasteiger partial charge in [0.2, 0.25) is 5.88 Å². The zero-order chi connectivity index (χ0) is 15.2. The molecule has 5 heteroatoms. The molecule has 0 bridgehead atoms. The summed E-state index contributed by atoms with van der Waals surface area (Å²) < 4.78 is 5.70. The van der Waals surface area contributed by atoms with Crippen molar-refractivity contribution < 1.29 is 4.74 Å². The van der Waals surface area contributed by atoms with E-state index in [9.17, 15) is 0 Å². The second-order valence-electron chi connectivity index (χ2n) is 6.28. The Bertz CT molecular complexity index is 456. The van der Waals surface area contributed by atoms with Gasteiger partial charge < -0.3 is 15.8 Å². The number of aromatic nitrogens is 2. The fourth-order valence-corrected chi connectivity index (χ4v) is 2.63. The summed E-state index contributed by atoms with van der Waals surface area (Å²) in [4.78, 5) is 9.10. The largest absolute Gasteiger partial charge is 0.476 e. The number of nitrogens with zero attached hydrogens (tertiary/aromatic N) is 2. The number of nitrogens with two attached hydrogens (primary N) is 1. The summed E-state index contributed by atoms with van der Waals surface area (Å²) in [5.41, 5.74) is 6.73. The van der Waals surface area contributed by atoms with Crippen LogP contribution < -0.4 is 15.8 Å². The van der Waals surface area contributed by atoms with Crippen molar-refractivity contribution in [2.75, 3.05) is 17.7 Å². The van der Waals surface area contributed by atoms with Crippen LogP contribution in [0.5, 0.6) is 5.88 Å². The van der Waals surface area contributed by atoms with Gasteiger partial charge in [-0.15, -0.1) is 0 Å². The van der Waals surface area contributed by atoms with E-state index in [1.165, 1.54) is 25.7 Å². The molecule has 1 aromatic rings. The van der Waals surface area contributed by atoms with Gasteiger partial charge in [-0.05, 0) is 25.2 Å². The average Bonchev–Trinajstić information content (AvgIpc) is 2.93. The molecule has 0 aliphatic heterocycles. The van der Waals surface area contributed by atoms with Crippen molar-refractivity contribution in [3.8, 4) is 5.88 Å². The summed E-state index contributed by atoms with van der Waals surface area (Å²) in [6, 6.07) is 0.480. The highest BCUT2D eigenvalue weighted by atomic mass is 16.5. The molecule has 118 valence electrons. The van der Waals surface area contributed by atoms with Gasteiger partial charge in [0.1, 0.15) is 11.5 Å². The first-order valence-electron chi connectivity index (χ1n) is 8.15. The van der Waals surface area contributed by atoms with Gasteiger partial charge >= 0.3 is 0 Å². The Morgan fingerprint density at radius 1 is 1.29 bits per heavy atom. The quantitative estimate of drug-likeness (QED) is 0.805. The third kappa shape index (κ3) is 4.48. The van der Waals surface area contributed by atoms with Crippen LogP contribution in [0.4, 0.5) is 11.5 Å². The molecular formula is C16H28N4O. The first kappa shape index (κ1) is 15.9. The summed E-state index contributed by atoms with van der Waals surface area (Å²) in [5, 5.41) is 3.48. The number of hydrogen-bond donors (Lipinski definition) is 2. The molecule has 5 nitrogen and oxygen atoms in total. The maximum atomic E-state index is 6.19. The van der Waals surface area contributed by atoms with Crippen molar-refractivity contribution in [3.63, 3.8) is 0 Å². The predicted molar refractivity (Wildman–Crippen MR) is 86.7 cm³/mol. The van der Waals surface area contributed by atoms with Crippen LogP contribution in [-0.4, -0.2) is 22.6 Å². The molecule has 0 atom stereocenters. The van der Waals surface area contributed by atoms with Gasteiger partial charge in [-0.2, -0.15) is 4.98 Å². The molecule has 0 aromatic carbocycles. The molecule has 1 aliphatic carbocycles. The molecule has 0 radical (unpaired) electrons. The number of nitrogen functional groups attached to an aromatic ring is 1. The van der Waals surface area contributed by atoms with Gasteiger partial charge in [0, 0.05) is 12.5 Å². The molecule has 1 aromatic heterocycles. The minimum Gasteiger partial charge on any atom is -0.476 e. The minimum atomic E-state index is 0.480. The lowest BCUT2D eigenvalue weighted by molar-refractivity contribution is 0.305. The summed E-state index contributed by atoms with van der Waals surface area (Å²) in [5.74, 6) is 2.60. The average molecular weight is 292 g/mol. The van der Waals surface area contributed by atoms with Gasteiger partial charge in [0.05, 0.1) is 6.61 Å². The topological polar surface area (TPSA) is 73.1 Å². The van der Waals surface area contributed by atoms with Crippen LogP contribution in [0.25, 0.3) is 0 Å². The molecule has 1 heterocycles. The normalized spacial score (nSPS) is 15.6. The summed E-state index contributed by atoms with van der Waals surface area (Å²) in [6.07, 6.45) is 6.71. The second kappa shape index (κ2) is 7.48. The Morgan fingerprint density at radius 2 is 2.00 bits per heavy atom. The van der Waals surface area contributed by atoms with Crippen molar-refractivity contribution in [1.29, 1.82) is 0 Å². The predicted octanol–water partition coefficient (Wildman–Crippen LogP) is 3.40. The molecule has 2 rings (SSSR count). The first-order valence-corrected chi connectivity index (χ1v) is 8.15. The Kier molecular flexibility index (Phi) is 5.65. The van der Waals surface area contributed by atoms with Crippen molar-refractivity contribution in [3.05, 3.63) is 5.82 Å². The number of anilines is 2. The third-order valence-electron chi connectivity index (χ3n) is 3.69. The Labute approximate surface area is 127 Å². The van der Waals surface area contributed by atoms with E-state index in [4.69, 9.17) is 10.5 Å². The molecule has 1 fully saturated rings. The fourth-order valence-electron chi connectivity index (χ4n) is 2.63. The monoisotopic (exact) mass is 292 g/mol. The van der Waals surface area contributed by atoms with Gasteiger partial charge in [0.25, 0.3) is 0 Å². The van der Waals surface area contributed by atoms with Gasteiger partial charge in [0.15, 0.2) is 5.82 Å². The smallest absolute Gasteiger partial charge is 0.242 e. The molecule has 0 saturated heterocycles. The van der Waals surface area contributed by atoms with Gasteiger partial charge in [-0.1, -0.05) is 33.6 Å². The van der Waals surface area contributed by atoms with Crippen LogP contribution in [0.1, 0.15) is 58.7 Å². The van der Waals surface area contributed by atoms with E-state index in [1.54, 1.807) is 0 Å². The van der Waals surface area contributed by atoms with Crippen molar-refractivity contribution in [2.45, 2.75) is 65.3 Å². The Morgan fingerprint density at radius 3 is 2.62 bits per heavy atom. The second-order valence-corrected chi connectivity index (χ2v) is 6.28. The highest BCUT2D eigenvalue weighted by Crippen LogP contribution is 2.30. The van der Waals surface area contributed by atoms with E-state index in [2.05, 4.69) is 36.1 Å². The molecule has 3 N–H and O–H groups in total.